The zero-order chi connectivity index (χ0) is 27.4. The smallest absolute Gasteiger partial charge is 0.128 e. The fourth-order valence-corrected chi connectivity index (χ4v) is 5.73. The predicted octanol–water partition coefficient (Wildman–Crippen LogP) is 6.10. The minimum atomic E-state index is -0.690. The summed E-state index contributed by atoms with van der Waals surface area (Å²) in [6.45, 7) is 1.17. The van der Waals surface area contributed by atoms with Crippen molar-refractivity contribution in [3.8, 4) is 29.4 Å². The van der Waals surface area contributed by atoms with Gasteiger partial charge in [-0.05, 0) is 35.4 Å². The Hall–Kier alpha value is -4.56. The van der Waals surface area contributed by atoms with E-state index in [4.69, 9.17) is 9.47 Å². The van der Waals surface area contributed by atoms with Gasteiger partial charge >= 0.3 is 0 Å². The molecule has 196 valence electrons. The van der Waals surface area contributed by atoms with Crippen LogP contribution in [0.1, 0.15) is 41.4 Å². The van der Waals surface area contributed by atoms with Crippen molar-refractivity contribution in [1.82, 2.24) is 9.80 Å². The number of nitriles is 2. The molecule has 7 heteroatoms. The summed E-state index contributed by atoms with van der Waals surface area (Å²) in [5, 5.41) is 34.3. The summed E-state index contributed by atoms with van der Waals surface area (Å²) >= 11 is 0. The summed E-state index contributed by atoms with van der Waals surface area (Å²) in [6, 6.07) is 30.1. The van der Waals surface area contributed by atoms with Crippen molar-refractivity contribution in [2.75, 3.05) is 27.3 Å². The predicted molar refractivity (Wildman–Crippen MR) is 149 cm³/mol. The van der Waals surface area contributed by atoms with Crippen LogP contribution in [0.25, 0.3) is 10.8 Å². The number of benzene rings is 4. The van der Waals surface area contributed by atoms with Gasteiger partial charge in [-0.25, -0.2) is 0 Å². The van der Waals surface area contributed by atoms with Gasteiger partial charge in [-0.15, -0.1) is 0 Å². The number of phenols is 1. The van der Waals surface area contributed by atoms with Crippen molar-refractivity contribution in [2.45, 2.75) is 24.7 Å². The van der Waals surface area contributed by atoms with Gasteiger partial charge in [0.1, 0.15) is 29.3 Å². The van der Waals surface area contributed by atoms with E-state index in [1.807, 2.05) is 78.9 Å². The highest BCUT2D eigenvalue weighted by molar-refractivity contribution is 5.88. The number of methoxy groups -OCH3 is 2. The van der Waals surface area contributed by atoms with Gasteiger partial charge in [-0.2, -0.15) is 10.5 Å². The van der Waals surface area contributed by atoms with Crippen LogP contribution in [0.5, 0.6) is 17.2 Å². The van der Waals surface area contributed by atoms with Crippen molar-refractivity contribution in [3.63, 3.8) is 0 Å². The number of ether oxygens (including phenoxy) is 2. The maximum Gasteiger partial charge on any atom is 0.128 e. The van der Waals surface area contributed by atoms with Crippen LogP contribution in [0.4, 0.5) is 0 Å². The SMILES string of the molecule is COc1ccccc1C(C#N)N1CCCN(C(C#N)c2ccccc2OC)C1c1c(O)ccc2ccccc12. The van der Waals surface area contributed by atoms with E-state index in [2.05, 4.69) is 21.9 Å². The van der Waals surface area contributed by atoms with Crippen molar-refractivity contribution in [3.05, 3.63) is 102 Å². The van der Waals surface area contributed by atoms with Gasteiger partial charge in [-0.3, -0.25) is 9.80 Å². The molecule has 0 aromatic heterocycles. The highest BCUT2D eigenvalue weighted by Crippen LogP contribution is 2.47. The Balaban J connectivity index is 1.75. The van der Waals surface area contributed by atoms with E-state index >= 15 is 0 Å². The molecule has 1 heterocycles. The first-order valence-corrected chi connectivity index (χ1v) is 12.9. The number of fused-ring (bicyclic) bond motifs is 1. The second-order valence-corrected chi connectivity index (χ2v) is 9.47. The van der Waals surface area contributed by atoms with Gasteiger partial charge in [0.25, 0.3) is 0 Å². The fraction of sp³-hybridized carbons (Fsp3) is 0.250. The van der Waals surface area contributed by atoms with Crippen LogP contribution in [0.15, 0.2) is 84.9 Å². The standard InChI is InChI=1S/C32H30N4O3/c1-38-29-14-7-5-12-24(29)26(20-33)35-18-9-19-36(27(21-34)25-13-6-8-15-30(25)39-2)32(35)31-23-11-4-3-10-22(23)16-17-28(31)37/h3-8,10-17,26-27,32,37H,9,18-19H2,1-2H3. The van der Waals surface area contributed by atoms with Crippen LogP contribution in [-0.4, -0.2) is 42.2 Å². The van der Waals surface area contributed by atoms with Gasteiger partial charge < -0.3 is 14.6 Å². The molecule has 0 aliphatic carbocycles. The number of hydrogen-bond donors (Lipinski definition) is 1. The Bertz CT molecular complexity index is 1480. The lowest BCUT2D eigenvalue weighted by Crippen LogP contribution is -2.50. The van der Waals surface area contributed by atoms with E-state index in [0.29, 0.717) is 30.2 Å². The molecule has 1 aliphatic rings. The molecule has 39 heavy (non-hydrogen) atoms. The summed E-state index contributed by atoms with van der Waals surface area (Å²) < 4.78 is 11.3. The lowest BCUT2D eigenvalue weighted by molar-refractivity contribution is -0.0296. The molecule has 5 rings (SSSR count). The Morgan fingerprint density at radius 1 is 0.744 bits per heavy atom. The van der Waals surface area contributed by atoms with Crippen LogP contribution in [0.2, 0.25) is 0 Å². The number of phenolic OH excluding ortho intramolecular Hbond substituents is 1. The third-order valence-electron chi connectivity index (χ3n) is 7.44. The molecule has 1 aliphatic heterocycles. The van der Waals surface area contributed by atoms with Crippen molar-refractivity contribution < 1.29 is 14.6 Å². The lowest BCUT2D eigenvalue weighted by atomic mass is 9.93. The molecular weight excluding hydrogens is 488 g/mol. The Labute approximate surface area is 228 Å². The maximum absolute atomic E-state index is 11.4. The molecule has 0 bridgehead atoms. The first-order chi connectivity index (χ1) is 19.1. The highest BCUT2D eigenvalue weighted by Gasteiger charge is 2.42. The fourth-order valence-electron chi connectivity index (χ4n) is 5.73. The van der Waals surface area contributed by atoms with Crippen molar-refractivity contribution >= 4 is 10.8 Å². The van der Waals surface area contributed by atoms with Crippen molar-refractivity contribution in [2.24, 2.45) is 0 Å². The van der Waals surface area contributed by atoms with Crippen LogP contribution in [0, 0.1) is 22.7 Å². The first-order valence-electron chi connectivity index (χ1n) is 12.9. The molecule has 2 unspecified atom stereocenters. The molecular formula is C32H30N4O3. The van der Waals surface area contributed by atoms with Gasteiger partial charge in [-0.1, -0.05) is 66.7 Å². The van der Waals surface area contributed by atoms with Gasteiger partial charge in [0.05, 0.1) is 32.5 Å². The average molecular weight is 519 g/mol. The van der Waals surface area contributed by atoms with E-state index in [9.17, 15) is 15.6 Å². The molecule has 4 aromatic rings. The number of para-hydroxylation sites is 2. The molecule has 0 radical (unpaired) electrons. The largest absolute Gasteiger partial charge is 0.508 e. The zero-order valence-corrected chi connectivity index (χ0v) is 22.0. The summed E-state index contributed by atoms with van der Waals surface area (Å²) in [6.07, 6.45) is 0.136. The molecule has 1 saturated heterocycles. The molecule has 4 aromatic carbocycles. The normalized spacial score (nSPS) is 17.6. The highest BCUT2D eigenvalue weighted by atomic mass is 16.5. The van der Waals surface area contributed by atoms with Crippen LogP contribution < -0.4 is 9.47 Å². The Morgan fingerprint density at radius 2 is 1.26 bits per heavy atom. The summed E-state index contributed by atoms with van der Waals surface area (Å²) in [7, 11) is 3.19. The minimum absolute atomic E-state index is 0.115. The molecule has 1 N–H and O–H groups in total. The number of rotatable bonds is 7. The summed E-state index contributed by atoms with van der Waals surface area (Å²) in [5.74, 6) is 1.34. The van der Waals surface area contributed by atoms with Gasteiger partial charge in [0.2, 0.25) is 0 Å². The summed E-state index contributed by atoms with van der Waals surface area (Å²) in [5.41, 5.74) is 2.14. The lowest BCUT2D eigenvalue weighted by Gasteiger charge is -2.48. The number of nitrogens with zero attached hydrogens (tertiary/aromatic N) is 4. The second kappa shape index (κ2) is 11.4. The molecule has 0 spiro atoms. The molecule has 0 saturated carbocycles. The van der Waals surface area contributed by atoms with Crippen LogP contribution in [-0.2, 0) is 0 Å². The molecule has 0 amide bonds. The Morgan fingerprint density at radius 3 is 1.79 bits per heavy atom. The van der Waals surface area contributed by atoms with Crippen LogP contribution >= 0.6 is 0 Å². The average Bonchev–Trinajstić information content (AvgIpc) is 2.99. The number of hydrogen-bond acceptors (Lipinski definition) is 7. The third-order valence-corrected chi connectivity index (χ3v) is 7.44. The zero-order valence-electron chi connectivity index (χ0n) is 22.0. The molecule has 1 fully saturated rings. The topological polar surface area (TPSA) is 92.8 Å². The Kier molecular flexibility index (Phi) is 7.65. The maximum atomic E-state index is 11.4. The monoisotopic (exact) mass is 518 g/mol. The van der Waals surface area contributed by atoms with Crippen molar-refractivity contribution in [1.29, 1.82) is 10.5 Å². The molecule has 7 nitrogen and oxygen atoms in total. The van der Waals surface area contributed by atoms with E-state index < -0.39 is 18.2 Å². The minimum Gasteiger partial charge on any atom is -0.508 e. The van der Waals surface area contributed by atoms with E-state index in [0.717, 1.165) is 28.3 Å². The third kappa shape index (κ3) is 4.75. The van der Waals surface area contributed by atoms with Gasteiger partial charge in [0.15, 0.2) is 0 Å². The van der Waals surface area contributed by atoms with Crippen LogP contribution in [0.3, 0.4) is 0 Å². The second-order valence-electron chi connectivity index (χ2n) is 9.47. The summed E-state index contributed by atoms with van der Waals surface area (Å²) in [4.78, 5) is 4.14. The van der Waals surface area contributed by atoms with Gasteiger partial charge in [0, 0.05) is 29.8 Å². The van der Waals surface area contributed by atoms with E-state index in [1.165, 1.54) is 0 Å². The first kappa shape index (κ1) is 26.1. The van der Waals surface area contributed by atoms with E-state index in [-0.39, 0.29) is 5.75 Å². The number of aromatic hydroxyl groups is 1. The quantitative estimate of drug-likeness (QED) is 0.316. The molecule has 2 atom stereocenters. The van der Waals surface area contributed by atoms with E-state index in [1.54, 1.807) is 20.3 Å².